The summed E-state index contributed by atoms with van der Waals surface area (Å²) in [6.07, 6.45) is 6.44. The first-order chi connectivity index (χ1) is 5.81. The van der Waals surface area contributed by atoms with E-state index in [9.17, 15) is 4.79 Å². The van der Waals surface area contributed by atoms with Crippen LogP contribution < -0.4 is 0 Å². The summed E-state index contributed by atoms with van der Waals surface area (Å²) < 4.78 is 9.29. The van der Waals surface area contributed by atoms with Crippen LogP contribution in [0.25, 0.3) is 0 Å². The Morgan fingerprint density at radius 2 is 1.50 bits per heavy atom. The first-order valence-electron chi connectivity index (χ1n) is 3.83. The van der Waals surface area contributed by atoms with Crippen molar-refractivity contribution in [2.75, 3.05) is 13.2 Å². The SMILES string of the molecule is C/C=C\COC(=O)OC/C=C\C. The zero-order valence-electron chi connectivity index (χ0n) is 7.45. The van der Waals surface area contributed by atoms with Crippen molar-refractivity contribution in [3.63, 3.8) is 0 Å². The predicted octanol–water partition coefficient (Wildman–Crippen LogP) is 2.29. The molecule has 0 aromatic rings. The van der Waals surface area contributed by atoms with E-state index >= 15 is 0 Å². The first-order valence-corrected chi connectivity index (χ1v) is 3.83. The molecule has 0 aliphatic carbocycles. The van der Waals surface area contributed by atoms with E-state index in [0.29, 0.717) is 0 Å². The van der Waals surface area contributed by atoms with Gasteiger partial charge in [-0.2, -0.15) is 0 Å². The average molecular weight is 170 g/mol. The molecule has 0 fully saturated rings. The van der Waals surface area contributed by atoms with E-state index in [4.69, 9.17) is 0 Å². The van der Waals surface area contributed by atoms with Crippen molar-refractivity contribution in [3.05, 3.63) is 24.3 Å². The molecule has 0 aliphatic rings. The Morgan fingerprint density at radius 3 is 1.83 bits per heavy atom. The lowest BCUT2D eigenvalue weighted by Gasteiger charge is -2.00. The van der Waals surface area contributed by atoms with Gasteiger partial charge in [-0.25, -0.2) is 4.79 Å². The molecule has 0 amide bonds. The maximum absolute atomic E-state index is 10.7. The van der Waals surface area contributed by atoms with Gasteiger partial charge in [0.05, 0.1) is 0 Å². The van der Waals surface area contributed by atoms with E-state index in [1.807, 2.05) is 13.8 Å². The van der Waals surface area contributed by atoms with E-state index in [-0.39, 0.29) is 13.2 Å². The predicted molar refractivity (Wildman–Crippen MR) is 46.9 cm³/mol. The molecule has 3 nitrogen and oxygen atoms in total. The van der Waals surface area contributed by atoms with Crippen LogP contribution in [0.4, 0.5) is 4.79 Å². The molecule has 0 saturated carbocycles. The molecule has 0 N–H and O–H groups in total. The maximum atomic E-state index is 10.7. The van der Waals surface area contributed by atoms with Crippen molar-refractivity contribution in [1.82, 2.24) is 0 Å². The number of hydrogen-bond donors (Lipinski definition) is 0. The van der Waals surface area contributed by atoms with Crippen LogP contribution >= 0.6 is 0 Å². The van der Waals surface area contributed by atoms with Gasteiger partial charge in [0.2, 0.25) is 0 Å². The Balaban J connectivity index is 3.33. The summed E-state index contributed by atoms with van der Waals surface area (Å²) in [4.78, 5) is 10.7. The summed E-state index contributed by atoms with van der Waals surface area (Å²) in [5.74, 6) is 0. The number of carbonyl (C=O) groups is 1. The first kappa shape index (κ1) is 10.8. The smallest absolute Gasteiger partial charge is 0.430 e. The zero-order chi connectivity index (χ0) is 9.23. The molecule has 0 heterocycles. The standard InChI is InChI=1S/C9H14O3/c1-3-5-7-11-9(10)12-8-6-4-2/h3-6H,7-8H2,1-2H3/b5-3-,6-4-. The number of carbonyl (C=O) groups excluding carboxylic acids is 1. The number of rotatable bonds is 4. The molecule has 0 saturated heterocycles. The molecule has 0 radical (unpaired) electrons. The fourth-order valence-corrected chi connectivity index (χ4v) is 0.466. The third-order valence-electron chi connectivity index (χ3n) is 1.07. The quantitative estimate of drug-likeness (QED) is 0.479. The zero-order valence-corrected chi connectivity index (χ0v) is 7.45. The van der Waals surface area contributed by atoms with E-state index in [1.165, 1.54) is 0 Å². The van der Waals surface area contributed by atoms with Crippen LogP contribution in [0.2, 0.25) is 0 Å². The molecule has 0 aliphatic heterocycles. The summed E-state index contributed by atoms with van der Waals surface area (Å²) in [5, 5.41) is 0. The summed E-state index contributed by atoms with van der Waals surface area (Å²) in [7, 11) is 0. The molecular formula is C9H14O3. The molecular weight excluding hydrogens is 156 g/mol. The minimum Gasteiger partial charge on any atom is -0.430 e. The highest BCUT2D eigenvalue weighted by molar-refractivity contribution is 5.60. The highest BCUT2D eigenvalue weighted by Crippen LogP contribution is 1.86. The van der Waals surface area contributed by atoms with Gasteiger partial charge in [0.1, 0.15) is 13.2 Å². The second-order valence-electron chi connectivity index (χ2n) is 2.01. The maximum Gasteiger partial charge on any atom is 0.508 e. The Kier molecular flexibility index (Phi) is 7.03. The lowest BCUT2D eigenvalue weighted by molar-refractivity contribution is 0.0717. The molecule has 0 unspecified atom stereocenters. The second kappa shape index (κ2) is 7.85. The molecule has 0 rings (SSSR count). The number of ether oxygens (including phenoxy) is 2. The van der Waals surface area contributed by atoms with E-state index in [1.54, 1.807) is 24.3 Å². The van der Waals surface area contributed by atoms with Crippen molar-refractivity contribution in [2.24, 2.45) is 0 Å². The van der Waals surface area contributed by atoms with E-state index in [0.717, 1.165) is 0 Å². The van der Waals surface area contributed by atoms with Crippen LogP contribution in [0.15, 0.2) is 24.3 Å². The van der Waals surface area contributed by atoms with Crippen LogP contribution in [0.5, 0.6) is 0 Å². The minimum absolute atomic E-state index is 0.269. The van der Waals surface area contributed by atoms with Crippen molar-refractivity contribution >= 4 is 6.16 Å². The molecule has 0 atom stereocenters. The van der Waals surface area contributed by atoms with Crippen LogP contribution in [0.1, 0.15) is 13.8 Å². The fraction of sp³-hybridized carbons (Fsp3) is 0.444. The summed E-state index contributed by atoms with van der Waals surface area (Å²) in [6.45, 7) is 4.25. The molecule has 0 spiro atoms. The van der Waals surface area contributed by atoms with Crippen LogP contribution in [0.3, 0.4) is 0 Å². The van der Waals surface area contributed by atoms with Gasteiger partial charge in [0.25, 0.3) is 0 Å². The van der Waals surface area contributed by atoms with Gasteiger partial charge < -0.3 is 9.47 Å². The molecule has 0 aromatic heterocycles. The lowest BCUT2D eigenvalue weighted by Crippen LogP contribution is -2.07. The van der Waals surface area contributed by atoms with Gasteiger partial charge in [-0.05, 0) is 13.8 Å². The van der Waals surface area contributed by atoms with Gasteiger partial charge >= 0.3 is 6.16 Å². The van der Waals surface area contributed by atoms with Gasteiger partial charge in [-0.3, -0.25) is 0 Å². The average Bonchev–Trinajstić information content (AvgIpc) is 2.06. The van der Waals surface area contributed by atoms with Gasteiger partial charge in [-0.15, -0.1) is 0 Å². The fourth-order valence-electron chi connectivity index (χ4n) is 0.466. The van der Waals surface area contributed by atoms with Crippen molar-refractivity contribution in [3.8, 4) is 0 Å². The normalized spacial score (nSPS) is 10.8. The van der Waals surface area contributed by atoms with Crippen LogP contribution in [0, 0.1) is 0 Å². The molecule has 3 heteroatoms. The highest BCUT2D eigenvalue weighted by Gasteiger charge is 1.98. The second-order valence-corrected chi connectivity index (χ2v) is 2.01. The Labute approximate surface area is 72.7 Å². The molecule has 0 bridgehead atoms. The summed E-state index contributed by atoms with van der Waals surface area (Å²) >= 11 is 0. The third kappa shape index (κ3) is 6.86. The summed E-state index contributed by atoms with van der Waals surface area (Å²) in [6, 6.07) is 0. The Morgan fingerprint density at radius 1 is 1.08 bits per heavy atom. The highest BCUT2D eigenvalue weighted by atomic mass is 16.7. The molecule has 0 aromatic carbocycles. The van der Waals surface area contributed by atoms with Crippen LogP contribution in [-0.2, 0) is 9.47 Å². The van der Waals surface area contributed by atoms with Crippen molar-refractivity contribution in [2.45, 2.75) is 13.8 Å². The minimum atomic E-state index is -0.633. The topological polar surface area (TPSA) is 35.5 Å². The van der Waals surface area contributed by atoms with E-state index in [2.05, 4.69) is 9.47 Å². The van der Waals surface area contributed by atoms with Crippen LogP contribution in [-0.4, -0.2) is 19.4 Å². The van der Waals surface area contributed by atoms with Gasteiger partial charge in [-0.1, -0.05) is 24.3 Å². The lowest BCUT2D eigenvalue weighted by atomic mass is 10.5. The molecule has 68 valence electrons. The number of hydrogen-bond acceptors (Lipinski definition) is 3. The third-order valence-corrected chi connectivity index (χ3v) is 1.07. The number of allylic oxidation sites excluding steroid dienone is 2. The Hall–Kier alpha value is -1.25. The summed E-state index contributed by atoms with van der Waals surface area (Å²) in [5.41, 5.74) is 0. The largest absolute Gasteiger partial charge is 0.508 e. The van der Waals surface area contributed by atoms with Gasteiger partial charge in [0, 0.05) is 0 Å². The monoisotopic (exact) mass is 170 g/mol. The molecule has 12 heavy (non-hydrogen) atoms. The van der Waals surface area contributed by atoms with Gasteiger partial charge in [0.15, 0.2) is 0 Å². The van der Waals surface area contributed by atoms with Crippen molar-refractivity contribution < 1.29 is 14.3 Å². The Bertz CT molecular complexity index is 153. The van der Waals surface area contributed by atoms with Crippen molar-refractivity contribution in [1.29, 1.82) is 0 Å². The van der Waals surface area contributed by atoms with E-state index < -0.39 is 6.16 Å².